The van der Waals surface area contributed by atoms with Crippen molar-refractivity contribution in [2.75, 3.05) is 0 Å². The predicted octanol–water partition coefficient (Wildman–Crippen LogP) is 7.02. The van der Waals surface area contributed by atoms with Crippen molar-refractivity contribution in [1.82, 2.24) is 0 Å². The van der Waals surface area contributed by atoms with Crippen molar-refractivity contribution in [3.63, 3.8) is 0 Å². The summed E-state index contributed by atoms with van der Waals surface area (Å²) in [5.74, 6) is -0.639. The number of carbonyl (C=O) groups is 1. The van der Waals surface area contributed by atoms with Gasteiger partial charge in [0.2, 0.25) is 0 Å². The van der Waals surface area contributed by atoms with E-state index in [1.807, 2.05) is 32.9 Å². The fourth-order valence-corrected chi connectivity index (χ4v) is 3.93. The minimum absolute atomic E-state index is 0.0429. The molecule has 2 aromatic rings. The molecule has 0 unspecified atom stereocenters. The molecular weight excluding hydrogens is 386 g/mol. The molecule has 1 N–H and O–H groups in total. The van der Waals surface area contributed by atoms with Crippen molar-refractivity contribution in [3.8, 4) is 11.1 Å². The zero-order chi connectivity index (χ0) is 19.9. The van der Waals surface area contributed by atoms with Gasteiger partial charge in [-0.1, -0.05) is 62.2 Å². The second-order valence-corrected chi connectivity index (χ2v) is 8.26. The molecule has 0 radical (unpaired) electrons. The number of aliphatic hydroxyl groups excluding tert-OH is 1. The zero-order valence-corrected chi connectivity index (χ0v) is 17.0. The maximum absolute atomic E-state index is 14.1. The van der Waals surface area contributed by atoms with Gasteiger partial charge in [-0.05, 0) is 41.7 Å². The van der Waals surface area contributed by atoms with Crippen molar-refractivity contribution in [1.29, 1.82) is 0 Å². The van der Waals surface area contributed by atoms with Crippen LogP contribution in [0.2, 0.25) is 10.0 Å². The Morgan fingerprint density at radius 2 is 1.85 bits per heavy atom. The fraction of sp³-hybridized carbons (Fsp3) is 0.318. The molecule has 5 heteroatoms. The Kier molecular flexibility index (Phi) is 5.38. The standard InChI is InChI=1S/C22H21Cl2FO2/c1-4-12-5-6-13(14-7-8-16(23)20(25)19(14)24)11-15(12)18-17(26)9-10-22(2,3)21(18)27/h5-8,11,27H,4,9-10H2,1-3H3. The second-order valence-electron chi connectivity index (χ2n) is 7.48. The quantitative estimate of drug-likeness (QED) is 0.555. The van der Waals surface area contributed by atoms with Gasteiger partial charge >= 0.3 is 0 Å². The van der Waals surface area contributed by atoms with E-state index < -0.39 is 11.2 Å². The van der Waals surface area contributed by atoms with Gasteiger partial charge in [-0.15, -0.1) is 0 Å². The van der Waals surface area contributed by atoms with Gasteiger partial charge in [0.25, 0.3) is 0 Å². The lowest BCUT2D eigenvalue weighted by Crippen LogP contribution is -2.25. The van der Waals surface area contributed by atoms with E-state index in [9.17, 15) is 14.3 Å². The molecule has 0 fully saturated rings. The SMILES string of the molecule is CCc1ccc(-c2ccc(Cl)c(F)c2Cl)cc1C1=C(O)C(C)(C)CCC1=O. The number of hydrogen-bond donors (Lipinski definition) is 1. The van der Waals surface area contributed by atoms with Crippen LogP contribution in [-0.2, 0) is 11.2 Å². The van der Waals surface area contributed by atoms with Crippen molar-refractivity contribution in [3.05, 3.63) is 63.1 Å². The Hall–Kier alpha value is -1.84. The summed E-state index contributed by atoms with van der Waals surface area (Å²) >= 11 is 12.0. The van der Waals surface area contributed by atoms with Crippen molar-refractivity contribution in [2.45, 2.75) is 40.0 Å². The Morgan fingerprint density at radius 1 is 1.15 bits per heavy atom. The van der Waals surface area contributed by atoms with Gasteiger partial charge in [-0.25, -0.2) is 4.39 Å². The number of hydrogen-bond acceptors (Lipinski definition) is 2. The van der Waals surface area contributed by atoms with E-state index in [0.717, 1.165) is 5.56 Å². The summed E-state index contributed by atoms with van der Waals surface area (Å²) in [4.78, 5) is 12.7. The van der Waals surface area contributed by atoms with E-state index in [-0.39, 0.29) is 21.6 Å². The van der Waals surface area contributed by atoms with Gasteiger partial charge in [0.15, 0.2) is 11.6 Å². The summed E-state index contributed by atoms with van der Waals surface area (Å²) in [7, 11) is 0. The zero-order valence-electron chi connectivity index (χ0n) is 15.5. The number of aryl methyl sites for hydroxylation is 1. The first-order valence-corrected chi connectivity index (χ1v) is 9.67. The fourth-order valence-electron chi connectivity index (χ4n) is 3.45. The van der Waals surface area contributed by atoms with Gasteiger partial charge in [0, 0.05) is 17.4 Å². The first kappa shape index (κ1) is 19.9. The molecule has 3 rings (SSSR count). The molecule has 0 amide bonds. The first-order valence-electron chi connectivity index (χ1n) is 8.91. The van der Waals surface area contributed by atoms with Crippen LogP contribution in [0.15, 0.2) is 36.1 Å². The third kappa shape index (κ3) is 3.51. The summed E-state index contributed by atoms with van der Waals surface area (Å²) in [6, 6.07) is 8.64. The van der Waals surface area contributed by atoms with Crippen LogP contribution in [0, 0.1) is 11.2 Å². The molecule has 0 saturated carbocycles. The van der Waals surface area contributed by atoms with E-state index >= 15 is 0 Å². The van der Waals surface area contributed by atoms with E-state index in [2.05, 4.69) is 0 Å². The number of carbonyl (C=O) groups excluding carboxylic acids is 1. The van der Waals surface area contributed by atoms with Crippen LogP contribution in [0.3, 0.4) is 0 Å². The Balaban J connectivity index is 2.25. The Morgan fingerprint density at radius 3 is 2.52 bits per heavy atom. The normalized spacial score (nSPS) is 16.7. The largest absolute Gasteiger partial charge is 0.511 e. The molecule has 0 atom stereocenters. The number of aliphatic hydroxyl groups is 1. The van der Waals surface area contributed by atoms with Gasteiger partial charge in [0.1, 0.15) is 5.76 Å². The first-order chi connectivity index (χ1) is 12.7. The molecule has 0 aromatic heterocycles. The molecule has 2 aromatic carbocycles. The van der Waals surface area contributed by atoms with Gasteiger partial charge in [0.05, 0.1) is 15.6 Å². The number of benzene rings is 2. The molecule has 0 spiro atoms. The number of Topliss-reactive ketones (excluding diaryl/α,β-unsaturated/α-hetero) is 1. The second kappa shape index (κ2) is 7.29. The van der Waals surface area contributed by atoms with Crippen LogP contribution in [-0.4, -0.2) is 10.9 Å². The van der Waals surface area contributed by atoms with E-state index in [4.69, 9.17) is 23.2 Å². The predicted molar refractivity (Wildman–Crippen MR) is 109 cm³/mol. The van der Waals surface area contributed by atoms with Crippen LogP contribution in [0.25, 0.3) is 16.7 Å². The van der Waals surface area contributed by atoms with Gasteiger partial charge in [-0.3, -0.25) is 4.79 Å². The maximum atomic E-state index is 14.1. The molecule has 0 saturated heterocycles. The minimum atomic E-state index is -0.672. The highest BCUT2D eigenvalue weighted by atomic mass is 35.5. The van der Waals surface area contributed by atoms with Crippen LogP contribution in [0.5, 0.6) is 0 Å². The molecule has 0 aliphatic heterocycles. The van der Waals surface area contributed by atoms with Crippen LogP contribution < -0.4 is 0 Å². The minimum Gasteiger partial charge on any atom is -0.511 e. The lowest BCUT2D eigenvalue weighted by atomic mass is 9.74. The highest BCUT2D eigenvalue weighted by molar-refractivity contribution is 6.36. The van der Waals surface area contributed by atoms with Gasteiger partial charge < -0.3 is 5.11 Å². The summed E-state index contributed by atoms with van der Waals surface area (Å²) in [6.07, 6.45) is 1.69. The number of rotatable bonds is 3. The van der Waals surface area contributed by atoms with Crippen molar-refractivity contribution < 1.29 is 14.3 Å². The molecular formula is C22H21Cl2FO2. The maximum Gasteiger partial charge on any atom is 0.166 e. The number of allylic oxidation sites excluding steroid dienone is 2. The summed E-state index contributed by atoms with van der Waals surface area (Å²) in [5, 5.41) is 10.7. The monoisotopic (exact) mass is 406 g/mol. The number of halogens is 3. The highest BCUT2D eigenvalue weighted by Crippen LogP contribution is 2.43. The van der Waals surface area contributed by atoms with Crippen molar-refractivity contribution in [2.24, 2.45) is 5.41 Å². The lowest BCUT2D eigenvalue weighted by molar-refractivity contribution is -0.115. The van der Waals surface area contributed by atoms with Crippen LogP contribution in [0.1, 0.15) is 44.7 Å². The summed E-state index contributed by atoms with van der Waals surface area (Å²) in [6.45, 7) is 5.84. The Labute approximate surface area is 168 Å². The molecule has 27 heavy (non-hydrogen) atoms. The molecule has 142 valence electrons. The third-order valence-electron chi connectivity index (χ3n) is 5.24. The summed E-state index contributed by atoms with van der Waals surface area (Å²) in [5.41, 5.74) is 2.67. The van der Waals surface area contributed by atoms with E-state index in [1.54, 1.807) is 12.1 Å². The lowest BCUT2D eigenvalue weighted by Gasteiger charge is -2.31. The Bertz CT molecular complexity index is 961. The molecule has 1 aliphatic rings. The van der Waals surface area contributed by atoms with E-state index in [1.165, 1.54) is 6.07 Å². The third-order valence-corrected chi connectivity index (χ3v) is 5.90. The van der Waals surface area contributed by atoms with Crippen LogP contribution >= 0.6 is 23.2 Å². The molecule has 0 bridgehead atoms. The van der Waals surface area contributed by atoms with Crippen molar-refractivity contribution >= 4 is 34.6 Å². The molecule has 2 nitrogen and oxygen atoms in total. The molecule has 0 heterocycles. The number of ketones is 1. The van der Waals surface area contributed by atoms with Crippen LogP contribution in [0.4, 0.5) is 4.39 Å². The smallest absolute Gasteiger partial charge is 0.166 e. The average molecular weight is 407 g/mol. The summed E-state index contributed by atoms with van der Waals surface area (Å²) < 4.78 is 14.1. The topological polar surface area (TPSA) is 37.3 Å². The average Bonchev–Trinajstić information content (AvgIpc) is 2.64. The highest BCUT2D eigenvalue weighted by Gasteiger charge is 2.35. The van der Waals surface area contributed by atoms with E-state index in [0.29, 0.717) is 41.5 Å². The van der Waals surface area contributed by atoms with Gasteiger partial charge in [-0.2, -0.15) is 0 Å². The molecule has 1 aliphatic carbocycles.